The number of morpholine rings is 1. The van der Waals surface area contributed by atoms with Gasteiger partial charge in [0.25, 0.3) is 0 Å². The first-order chi connectivity index (χ1) is 12.3. The number of benzene rings is 1. The van der Waals surface area contributed by atoms with Crippen LogP contribution in [0.3, 0.4) is 0 Å². The highest BCUT2D eigenvalue weighted by Crippen LogP contribution is 2.42. The van der Waals surface area contributed by atoms with E-state index in [2.05, 4.69) is 21.9 Å². The summed E-state index contributed by atoms with van der Waals surface area (Å²) in [5.41, 5.74) is 1.21. The monoisotopic (exact) mass is 346 g/mol. The molecule has 25 heavy (non-hydrogen) atoms. The lowest BCUT2D eigenvalue weighted by Gasteiger charge is -2.48. The van der Waals surface area contributed by atoms with E-state index in [4.69, 9.17) is 18.9 Å². The van der Waals surface area contributed by atoms with Gasteiger partial charge in [0.1, 0.15) is 0 Å². The van der Waals surface area contributed by atoms with Gasteiger partial charge in [-0.1, -0.05) is 0 Å². The van der Waals surface area contributed by atoms with Gasteiger partial charge in [0, 0.05) is 38.3 Å². The molecule has 136 valence electrons. The Morgan fingerprint density at radius 1 is 1.16 bits per heavy atom. The quantitative estimate of drug-likeness (QED) is 0.827. The van der Waals surface area contributed by atoms with Crippen molar-refractivity contribution >= 4 is 0 Å². The van der Waals surface area contributed by atoms with Crippen molar-refractivity contribution in [1.29, 1.82) is 0 Å². The van der Waals surface area contributed by atoms with Crippen molar-refractivity contribution in [3.63, 3.8) is 0 Å². The predicted molar refractivity (Wildman–Crippen MR) is 92.2 cm³/mol. The number of hydrogen-bond donors (Lipinski definition) is 0. The minimum Gasteiger partial charge on any atom is -0.493 e. The van der Waals surface area contributed by atoms with Gasteiger partial charge in [0.05, 0.1) is 20.3 Å². The van der Waals surface area contributed by atoms with Gasteiger partial charge in [-0.25, -0.2) is 0 Å². The molecule has 1 saturated carbocycles. The van der Waals surface area contributed by atoms with Gasteiger partial charge in [-0.05, 0) is 36.5 Å². The van der Waals surface area contributed by atoms with Gasteiger partial charge in [-0.15, -0.1) is 0 Å². The standard InChI is InChI=1S/C19H26N2O4/c1-22-17-6-13(7-18-19(17)25-12-24-18)8-20-4-5-21-15(9-20)10-23-11-16(21)14-2-3-14/h6-7,14-16H,2-5,8-12H2,1H3/t15-,16-/m1/s1. The lowest BCUT2D eigenvalue weighted by molar-refractivity contribution is -0.0880. The molecule has 5 rings (SSSR count). The van der Waals surface area contributed by atoms with Crippen LogP contribution in [0.5, 0.6) is 17.2 Å². The number of ether oxygens (including phenoxy) is 4. The number of methoxy groups -OCH3 is 1. The lowest BCUT2D eigenvalue weighted by atomic mass is 10.0. The van der Waals surface area contributed by atoms with Gasteiger partial charge in [0.2, 0.25) is 12.5 Å². The second kappa shape index (κ2) is 6.34. The molecule has 1 aliphatic carbocycles. The number of nitrogens with zero attached hydrogens (tertiary/aromatic N) is 2. The molecule has 0 amide bonds. The molecule has 0 aromatic heterocycles. The van der Waals surface area contributed by atoms with Crippen LogP contribution in [0.15, 0.2) is 12.1 Å². The summed E-state index contributed by atoms with van der Waals surface area (Å²) in [5, 5.41) is 0. The molecule has 4 aliphatic rings. The molecule has 1 aromatic carbocycles. The van der Waals surface area contributed by atoms with Gasteiger partial charge >= 0.3 is 0 Å². The highest BCUT2D eigenvalue weighted by molar-refractivity contribution is 5.55. The topological polar surface area (TPSA) is 43.4 Å². The van der Waals surface area contributed by atoms with Crippen molar-refractivity contribution in [2.24, 2.45) is 5.92 Å². The molecule has 0 N–H and O–H groups in total. The summed E-state index contributed by atoms with van der Waals surface area (Å²) in [6, 6.07) is 5.35. The van der Waals surface area contributed by atoms with Crippen LogP contribution >= 0.6 is 0 Å². The predicted octanol–water partition coefficient (Wildman–Crippen LogP) is 1.72. The Bertz CT molecular complexity index is 649. The second-order valence-corrected chi connectivity index (χ2v) is 7.60. The van der Waals surface area contributed by atoms with Gasteiger partial charge in [0.15, 0.2) is 11.5 Å². The van der Waals surface area contributed by atoms with Crippen LogP contribution in [0.4, 0.5) is 0 Å². The molecule has 6 nitrogen and oxygen atoms in total. The fraction of sp³-hybridized carbons (Fsp3) is 0.684. The van der Waals surface area contributed by atoms with E-state index in [9.17, 15) is 0 Å². The van der Waals surface area contributed by atoms with E-state index in [1.165, 1.54) is 18.4 Å². The van der Waals surface area contributed by atoms with E-state index >= 15 is 0 Å². The Morgan fingerprint density at radius 3 is 2.92 bits per heavy atom. The van der Waals surface area contributed by atoms with Gasteiger partial charge < -0.3 is 18.9 Å². The molecule has 3 fully saturated rings. The Kier molecular flexibility index (Phi) is 3.99. The van der Waals surface area contributed by atoms with E-state index < -0.39 is 0 Å². The molecular weight excluding hydrogens is 320 g/mol. The van der Waals surface area contributed by atoms with E-state index in [0.717, 1.165) is 62.6 Å². The highest BCUT2D eigenvalue weighted by atomic mass is 16.7. The minimum absolute atomic E-state index is 0.274. The lowest BCUT2D eigenvalue weighted by Crippen LogP contribution is -2.62. The minimum atomic E-state index is 0.274. The third kappa shape index (κ3) is 2.96. The zero-order chi connectivity index (χ0) is 16.8. The van der Waals surface area contributed by atoms with Crippen LogP contribution in [0.25, 0.3) is 0 Å². The Labute approximate surface area is 148 Å². The van der Waals surface area contributed by atoms with Crippen molar-refractivity contribution in [3.05, 3.63) is 17.7 Å². The molecule has 0 radical (unpaired) electrons. The fourth-order valence-corrected chi connectivity index (χ4v) is 4.50. The first kappa shape index (κ1) is 15.7. The van der Waals surface area contributed by atoms with Gasteiger partial charge in [-0.2, -0.15) is 0 Å². The highest BCUT2D eigenvalue weighted by Gasteiger charge is 2.42. The SMILES string of the molecule is COc1cc(CN2CCN3[C@@H](COC[C@@H]3C3CC3)C2)cc2c1OCO2. The third-order valence-corrected chi connectivity index (χ3v) is 5.93. The number of fused-ring (bicyclic) bond motifs is 2. The molecule has 1 aromatic rings. The zero-order valence-electron chi connectivity index (χ0n) is 14.8. The Morgan fingerprint density at radius 2 is 2.08 bits per heavy atom. The largest absolute Gasteiger partial charge is 0.493 e. The van der Waals surface area contributed by atoms with E-state index in [1.54, 1.807) is 7.11 Å². The summed E-state index contributed by atoms with van der Waals surface area (Å²) in [4.78, 5) is 5.24. The van der Waals surface area contributed by atoms with E-state index in [-0.39, 0.29) is 6.79 Å². The number of piperazine rings is 1. The summed E-state index contributed by atoms with van der Waals surface area (Å²) in [6.07, 6.45) is 2.77. The smallest absolute Gasteiger partial charge is 0.231 e. The first-order valence-corrected chi connectivity index (χ1v) is 9.34. The molecule has 0 bridgehead atoms. The molecule has 2 atom stereocenters. The zero-order valence-corrected chi connectivity index (χ0v) is 14.8. The summed E-state index contributed by atoms with van der Waals surface area (Å²) < 4.78 is 22.4. The number of hydrogen-bond acceptors (Lipinski definition) is 6. The van der Waals surface area contributed by atoms with Crippen molar-refractivity contribution in [1.82, 2.24) is 9.80 Å². The maximum absolute atomic E-state index is 5.92. The van der Waals surface area contributed by atoms with Gasteiger partial charge in [-0.3, -0.25) is 9.80 Å². The first-order valence-electron chi connectivity index (χ1n) is 9.34. The Hall–Kier alpha value is -1.50. The molecule has 3 aliphatic heterocycles. The van der Waals surface area contributed by atoms with Crippen molar-refractivity contribution < 1.29 is 18.9 Å². The molecular formula is C19H26N2O4. The summed E-state index contributed by atoms with van der Waals surface area (Å²) in [5.74, 6) is 3.16. The average molecular weight is 346 g/mol. The van der Waals surface area contributed by atoms with Crippen LogP contribution in [0.2, 0.25) is 0 Å². The van der Waals surface area contributed by atoms with Crippen LogP contribution < -0.4 is 14.2 Å². The molecule has 2 saturated heterocycles. The van der Waals surface area contributed by atoms with E-state index in [1.807, 2.05) is 0 Å². The normalized spacial score (nSPS) is 29.5. The Balaban J connectivity index is 1.28. The maximum atomic E-state index is 5.92. The summed E-state index contributed by atoms with van der Waals surface area (Å²) >= 11 is 0. The molecule has 0 unspecified atom stereocenters. The molecule has 3 heterocycles. The number of rotatable bonds is 4. The van der Waals surface area contributed by atoms with Crippen LogP contribution in [-0.2, 0) is 11.3 Å². The van der Waals surface area contributed by atoms with Crippen molar-refractivity contribution in [2.45, 2.75) is 31.5 Å². The van der Waals surface area contributed by atoms with Crippen LogP contribution in [-0.4, -0.2) is 68.6 Å². The van der Waals surface area contributed by atoms with E-state index in [0.29, 0.717) is 12.1 Å². The fourth-order valence-electron chi connectivity index (χ4n) is 4.50. The maximum Gasteiger partial charge on any atom is 0.231 e. The summed E-state index contributed by atoms with van der Waals surface area (Å²) in [6.45, 7) is 6.30. The second-order valence-electron chi connectivity index (χ2n) is 7.60. The van der Waals surface area contributed by atoms with Crippen LogP contribution in [0, 0.1) is 5.92 Å². The average Bonchev–Trinajstić information content (AvgIpc) is 3.37. The molecule has 6 heteroatoms. The van der Waals surface area contributed by atoms with Crippen molar-refractivity contribution in [2.75, 3.05) is 46.8 Å². The van der Waals surface area contributed by atoms with Crippen molar-refractivity contribution in [3.8, 4) is 17.2 Å². The van der Waals surface area contributed by atoms with Crippen LogP contribution in [0.1, 0.15) is 18.4 Å². The summed E-state index contributed by atoms with van der Waals surface area (Å²) in [7, 11) is 1.68. The third-order valence-electron chi connectivity index (χ3n) is 5.93. The molecule has 0 spiro atoms.